The van der Waals surface area contributed by atoms with Gasteiger partial charge < -0.3 is 14.6 Å². The van der Waals surface area contributed by atoms with Crippen LogP contribution in [-0.2, 0) is 4.74 Å². The van der Waals surface area contributed by atoms with E-state index in [4.69, 9.17) is 9.47 Å². The van der Waals surface area contributed by atoms with Crippen molar-refractivity contribution in [3.05, 3.63) is 17.7 Å². The van der Waals surface area contributed by atoms with Crippen molar-refractivity contribution >= 4 is 23.3 Å². The molecule has 0 amide bonds. The van der Waals surface area contributed by atoms with Crippen LogP contribution in [0.5, 0.6) is 11.5 Å². The van der Waals surface area contributed by atoms with Crippen LogP contribution in [-0.4, -0.2) is 30.4 Å². The second-order valence-corrected chi connectivity index (χ2v) is 3.95. The minimum atomic E-state index is -0.548. The molecule has 0 saturated carbocycles. The van der Waals surface area contributed by atoms with Gasteiger partial charge in [-0.1, -0.05) is 0 Å². The van der Waals surface area contributed by atoms with Crippen molar-refractivity contribution in [3.8, 4) is 11.5 Å². The van der Waals surface area contributed by atoms with E-state index in [9.17, 15) is 14.7 Å². The summed E-state index contributed by atoms with van der Waals surface area (Å²) in [5, 5.41) is 9.21. The molecule has 0 aromatic heterocycles. The normalized spacial score (nSPS) is 9.76. The Morgan fingerprint density at radius 2 is 2.24 bits per heavy atom. The van der Waals surface area contributed by atoms with Crippen molar-refractivity contribution in [1.82, 2.24) is 0 Å². The molecule has 0 spiro atoms. The van der Waals surface area contributed by atoms with Crippen molar-refractivity contribution in [2.45, 2.75) is 11.8 Å². The van der Waals surface area contributed by atoms with Crippen LogP contribution in [0.4, 0.5) is 4.79 Å². The lowest BCUT2D eigenvalue weighted by molar-refractivity contribution is 0.112. The van der Waals surface area contributed by atoms with Gasteiger partial charge in [-0.05, 0) is 30.8 Å². The standard InChI is InChI=1S/C11H12O5S/c1-3-16-11(14)17-9-5-7(6-12)4-8(15-2)10(9)13/h4-6,13H,3H2,1-2H3. The second kappa shape index (κ2) is 6.15. The molecule has 0 aliphatic heterocycles. The van der Waals surface area contributed by atoms with E-state index in [1.54, 1.807) is 6.92 Å². The summed E-state index contributed by atoms with van der Waals surface area (Å²) in [5.74, 6) is -0.0439. The van der Waals surface area contributed by atoms with Gasteiger partial charge in [0.15, 0.2) is 11.5 Å². The number of aromatic hydroxyl groups is 1. The van der Waals surface area contributed by atoms with Gasteiger partial charge in [-0.15, -0.1) is 0 Å². The molecule has 0 heterocycles. The molecule has 0 radical (unpaired) electrons. The second-order valence-electron chi connectivity index (χ2n) is 2.97. The molecule has 1 aromatic carbocycles. The largest absolute Gasteiger partial charge is 0.503 e. The first kappa shape index (κ1) is 13.4. The summed E-state index contributed by atoms with van der Waals surface area (Å²) >= 11 is 0.704. The zero-order valence-corrected chi connectivity index (χ0v) is 10.2. The van der Waals surface area contributed by atoms with Crippen LogP contribution in [0.3, 0.4) is 0 Å². The number of benzene rings is 1. The molecule has 17 heavy (non-hydrogen) atoms. The molecule has 0 saturated heterocycles. The zero-order chi connectivity index (χ0) is 12.8. The van der Waals surface area contributed by atoms with Gasteiger partial charge in [0, 0.05) is 5.56 Å². The highest BCUT2D eigenvalue weighted by Crippen LogP contribution is 2.38. The number of aldehydes is 1. The third-order valence-corrected chi connectivity index (χ3v) is 2.69. The van der Waals surface area contributed by atoms with E-state index in [1.165, 1.54) is 19.2 Å². The maximum absolute atomic E-state index is 11.3. The number of phenolic OH excluding ortho intramolecular Hbond substituents is 1. The molecule has 0 atom stereocenters. The molecule has 0 aliphatic carbocycles. The number of thioether (sulfide) groups is 1. The first-order chi connectivity index (χ1) is 8.12. The number of hydrogen-bond donors (Lipinski definition) is 1. The van der Waals surface area contributed by atoms with E-state index >= 15 is 0 Å². The highest BCUT2D eigenvalue weighted by Gasteiger charge is 2.15. The monoisotopic (exact) mass is 256 g/mol. The van der Waals surface area contributed by atoms with Gasteiger partial charge in [-0.2, -0.15) is 0 Å². The highest BCUT2D eigenvalue weighted by atomic mass is 32.2. The van der Waals surface area contributed by atoms with Gasteiger partial charge >= 0.3 is 5.30 Å². The number of carbonyl (C=O) groups excluding carboxylic acids is 2. The number of ether oxygens (including phenoxy) is 2. The fourth-order valence-electron chi connectivity index (χ4n) is 1.14. The number of hydrogen-bond acceptors (Lipinski definition) is 6. The molecule has 0 fully saturated rings. The molecule has 1 rings (SSSR count). The zero-order valence-electron chi connectivity index (χ0n) is 9.43. The lowest BCUT2D eigenvalue weighted by Gasteiger charge is -2.08. The van der Waals surface area contributed by atoms with Crippen molar-refractivity contribution in [2.75, 3.05) is 13.7 Å². The van der Waals surface area contributed by atoms with Gasteiger partial charge in [0.25, 0.3) is 0 Å². The summed E-state index contributed by atoms with van der Waals surface area (Å²) in [5.41, 5.74) is 0.312. The van der Waals surface area contributed by atoms with Crippen LogP contribution in [0.25, 0.3) is 0 Å². The average Bonchev–Trinajstić information content (AvgIpc) is 2.32. The van der Waals surface area contributed by atoms with Gasteiger partial charge in [0.05, 0.1) is 18.6 Å². The summed E-state index contributed by atoms with van der Waals surface area (Å²) in [7, 11) is 1.36. The van der Waals surface area contributed by atoms with Crippen LogP contribution >= 0.6 is 11.8 Å². The molecule has 0 bridgehead atoms. The molecule has 1 aromatic rings. The van der Waals surface area contributed by atoms with Crippen molar-refractivity contribution in [1.29, 1.82) is 0 Å². The smallest absolute Gasteiger partial charge is 0.372 e. The Hall–Kier alpha value is -1.69. The fourth-order valence-corrected chi connectivity index (χ4v) is 1.89. The Morgan fingerprint density at radius 3 is 2.76 bits per heavy atom. The summed E-state index contributed by atoms with van der Waals surface area (Å²) in [4.78, 5) is 22.2. The Labute approximate surface area is 103 Å². The predicted octanol–water partition coefficient (Wildman–Crippen LogP) is 2.46. The predicted molar refractivity (Wildman–Crippen MR) is 62.9 cm³/mol. The lowest BCUT2D eigenvalue weighted by atomic mass is 10.2. The molecule has 92 valence electrons. The summed E-state index contributed by atoms with van der Waals surface area (Å²) in [6, 6.07) is 2.78. The number of rotatable bonds is 4. The van der Waals surface area contributed by atoms with Gasteiger partial charge in [0.2, 0.25) is 0 Å². The van der Waals surface area contributed by atoms with E-state index in [2.05, 4.69) is 0 Å². The van der Waals surface area contributed by atoms with Gasteiger partial charge in [-0.25, -0.2) is 4.79 Å². The quantitative estimate of drug-likeness (QED) is 0.507. The maximum Gasteiger partial charge on any atom is 0.372 e. The van der Waals surface area contributed by atoms with Gasteiger partial charge in [-0.3, -0.25) is 4.79 Å². The van der Waals surface area contributed by atoms with E-state index in [0.717, 1.165) is 0 Å². The maximum atomic E-state index is 11.3. The highest BCUT2D eigenvalue weighted by molar-refractivity contribution is 8.13. The summed E-state index contributed by atoms with van der Waals surface area (Å²) < 4.78 is 9.63. The van der Waals surface area contributed by atoms with Crippen LogP contribution in [0.1, 0.15) is 17.3 Å². The number of carbonyl (C=O) groups is 2. The van der Waals surface area contributed by atoms with E-state index in [0.29, 0.717) is 23.6 Å². The molecule has 0 aliphatic rings. The number of methoxy groups -OCH3 is 1. The fraction of sp³-hybridized carbons (Fsp3) is 0.273. The summed E-state index contributed by atoms with van der Waals surface area (Å²) in [6.45, 7) is 1.93. The Balaban J connectivity index is 3.04. The Bertz CT molecular complexity index is 430. The van der Waals surface area contributed by atoms with Crippen LogP contribution < -0.4 is 4.74 Å². The lowest BCUT2D eigenvalue weighted by Crippen LogP contribution is -1.97. The SMILES string of the molecule is CCOC(=O)Sc1cc(C=O)cc(OC)c1O. The average molecular weight is 256 g/mol. The Kier molecular flexibility index (Phi) is 4.84. The minimum absolute atomic E-state index is 0.140. The van der Waals surface area contributed by atoms with E-state index < -0.39 is 5.30 Å². The van der Waals surface area contributed by atoms with Crippen molar-refractivity contribution in [2.24, 2.45) is 0 Å². The number of phenols is 1. The first-order valence-electron chi connectivity index (χ1n) is 4.83. The molecular weight excluding hydrogens is 244 g/mol. The Morgan fingerprint density at radius 1 is 1.53 bits per heavy atom. The molecule has 5 nitrogen and oxygen atoms in total. The first-order valence-corrected chi connectivity index (χ1v) is 5.64. The van der Waals surface area contributed by atoms with Crippen molar-refractivity contribution < 1.29 is 24.2 Å². The molecular formula is C11H12O5S. The summed E-state index contributed by atoms with van der Waals surface area (Å²) in [6.07, 6.45) is 0.608. The van der Waals surface area contributed by atoms with E-state index in [1.807, 2.05) is 0 Å². The van der Waals surface area contributed by atoms with Crippen LogP contribution in [0, 0.1) is 0 Å². The van der Waals surface area contributed by atoms with E-state index in [-0.39, 0.29) is 23.0 Å². The third kappa shape index (κ3) is 3.39. The van der Waals surface area contributed by atoms with Gasteiger partial charge in [0.1, 0.15) is 6.29 Å². The molecule has 0 unspecified atom stereocenters. The molecule has 1 N–H and O–H groups in total. The topological polar surface area (TPSA) is 72.8 Å². The molecule has 6 heteroatoms. The third-order valence-electron chi connectivity index (χ3n) is 1.87. The van der Waals surface area contributed by atoms with Crippen LogP contribution in [0.15, 0.2) is 17.0 Å². The van der Waals surface area contributed by atoms with Crippen molar-refractivity contribution in [3.63, 3.8) is 0 Å². The van der Waals surface area contributed by atoms with Crippen LogP contribution in [0.2, 0.25) is 0 Å². The minimum Gasteiger partial charge on any atom is -0.503 e.